The molecule has 1 spiro atoms. The minimum absolute atomic E-state index is 0.0553. The van der Waals surface area contributed by atoms with Gasteiger partial charge < -0.3 is 14.8 Å². The smallest absolute Gasteiger partial charge is 0.311 e. The first kappa shape index (κ1) is 16.1. The van der Waals surface area contributed by atoms with Gasteiger partial charge in [-0.1, -0.05) is 0 Å². The van der Waals surface area contributed by atoms with Crippen LogP contribution in [0.1, 0.15) is 47.5 Å². The Balaban J connectivity index is 2.00. The molecule has 0 aromatic carbocycles. The summed E-state index contributed by atoms with van der Waals surface area (Å²) in [6.07, 6.45) is 6.02. The molecule has 0 bridgehead atoms. The summed E-state index contributed by atoms with van der Waals surface area (Å²) in [5, 5.41) is 3.35. The van der Waals surface area contributed by atoms with Gasteiger partial charge in [-0.15, -0.1) is 0 Å². The second kappa shape index (κ2) is 5.39. The minimum Gasteiger partial charge on any atom is -0.460 e. The van der Waals surface area contributed by atoms with E-state index in [2.05, 4.69) is 17.5 Å². The number of hydrogen-bond donors (Lipinski definition) is 1. The summed E-state index contributed by atoms with van der Waals surface area (Å²) in [5.74, 6) is 1.18. The number of aliphatic imine (C=N–C) groups is 1. The highest BCUT2D eigenvalue weighted by atomic mass is 16.6. The normalized spacial score (nSPS) is 33.0. The third-order valence-corrected chi connectivity index (χ3v) is 4.60. The number of rotatable bonds is 1. The molecule has 0 radical (unpaired) electrons. The summed E-state index contributed by atoms with van der Waals surface area (Å²) in [4.78, 5) is 17.6. The molecule has 5 heteroatoms. The first-order chi connectivity index (χ1) is 10.7. The Kier molecular flexibility index (Phi) is 3.77. The minimum atomic E-state index is -0.558. The Morgan fingerprint density at radius 3 is 2.87 bits per heavy atom. The standard InChI is InChI=1S/C18H26N2O3/c1-11-9-18-14(7-6-8-15(18)22-12(2)20-18)13(10-19-11)16(21)23-17(3,4)5/h8-9,13-14,19H,6-7,10H2,1-5H3. The number of nitrogens with one attached hydrogen (secondary N) is 1. The van der Waals surface area contributed by atoms with E-state index in [9.17, 15) is 4.79 Å². The van der Waals surface area contributed by atoms with E-state index in [0.717, 1.165) is 24.3 Å². The molecule has 1 N–H and O–H groups in total. The summed E-state index contributed by atoms with van der Waals surface area (Å²) in [7, 11) is 0. The molecule has 2 aliphatic heterocycles. The second-order valence-corrected chi connectivity index (χ2v) is 7.66. The van der Waals surface area contributed by atoms with Crippen LogP contribution in [0, 0.1) is 11.8 Å². The molecule has 126 valence electrons. The van der Waals surface area contributed by atoms with Gasteiger partial charge in [-0.3, -0.25) is 4.79 Å². The summed E-state index contributed by atoms with van der Waals surface area (Å²) in [6, 6.07) is 0. The van der Waals surface area contributed by atoms with Gasteiger partial charge in [0.05, 0.1) is 5.92 Å². The molecule has 1 aliphatic carbocycles. The number of nitrogens with zero attached hydrogens (tertiary/aromatic N) is 1. The Morgan fingerprint density at radius 1 is 1.43 bits per heavy atom. The van der Waals surface area contributed by atoms with E-state index in [-0.39, 0.29) is 17.8 Å². The first-order valence-corrected chi connectivity index (χ1v) is 8.32. The zero-order valence-electron chi connectivity index (χ0n) is 14.6. The molecule has 0 fully saturated rings. The molecule has 3 aliphatic rings. The van der Waals surface area contributed by atoms with Crippen molar-refractivity contribution < 1.29 is 14.3 Å². The number of esters is 1. The average molecular weight is 318 g/mol. The zero-order chi connectivity index (χ0) is 16.8. The molecular weight excluding hydrogens is 292 g/mol. The lowest BCUT2D eigenvalue weighted by atomic mass is 9.69. The lowest BCUT2D eigenvalue weighted by molar-refractivity contribution is -0.162. The topological polar surface area (TPSA) is 59.9 Å². The highest BCUT2D eigenvalue weighted by Crippen LogP contribution is 2.48. The maximum absolute atomic E-state index is 12.8. The molecule has 3 atom stereocenters. The maximum atomic E-state index is 12.8. The van der Waals surface area contributed by atoms with Crippen LogP contribution >= 0.6 is 0 Å². The number of ether oxygens (including phenoxy) is 2. The van der Waals surface area contributed by atoms with Crippen LogP contribution in [0.15, 0.2) is 28.6 Å². The quantitative estimate of drug-likeness (QED) is 0.755. The summed E-state index contributed by atoms with van der Waals surface area (Å²) >= 11 is 0. The predicted molar refractivity (Wildman–Crippen MR) is 88.8 cm³/mol. The van der Waals surface area contributed by atoms with Crippen molar-refractivity contribution in [1.29, 1.82) is 0 Å². The highest BCUT2D eigenvalue weighted by Gasteiger charge is 2.53. The molecule has 0 amide bonds. The van der Waals surface area contributed by atoms with E-state index in [0.29, 0.717) is 12.4 Å². The van der Waals surface area contributed by atoms with Crippen molar-refractivity contribution in [2.45, 2.75) is 58.6 Å². The summed E-state index contributed by atoms with van der Waals surface area (Å²) in [6.45, 7) is 10.2. The largest absolute Gasteiger partial charge is 0.460 e. The van der Waals surface area contributed by atoms with E-state index in [1.165, 1.54) is 0 Å². The van der Waals surface area contributed by atoms with Gasteiger partial charge in [-0.25, -0.2) is 4.99 Å². The molecule has 3 unspecified atom stereocenters. The van der Waals surface area contributed by atoms with Gasteiger partial charge >= 0.3 is 5.97 Å². The maximum Gasteiger partial charge on any atom is 0.311 e. The van der Waals surface area contributed by atoms with E-state index < -0.39 is 11.1 Å². The second-order valence-electron chi connectivity index (χ2n) is 7.66. The van der Waals surface area contributed by atoms with Gasteiger partial charge in [-0.05, 0) is 52.7 Å². The van der Waals surface area contributed by atoms with Crippen molar-refractivity contribution >= 4 is 11.9 Å². The fourth-order valence-electron chi connectivity index (χ4n) is 3.80. The van der Waals surface area contributed by atoms with Gasteiger partial charge in [0.15, 0.2) is 5.90 Å². The molecule has 0 saturated heterocycles. The van der Waals surface area contributed by atoms with Crippen molar-refractivity contribution in [1.82, 2.24) is 5.32 Å². The molecule has 23 heavy (non-hydrogen) atoms. The van der Waals surface area contributed by atoms with E-state index in [1.54, 1.807) is 0 Å². The Labute approximate surface area is 137 Å². The number of carbonyl (C=O) groups excluding carboxylic acids is 1. The van der Waals surface area contributed by atoms with Crippen LogP contribution in [0.5, 0.6) is 0 Å². The van der Waals surface area contributed by atoms with E-state index in [4.69, 9.17) is 14.5 Å². The van der Waals surface area contributed by atoms with Gasteiger partial charge in [0.1, 0.15) is 16.9 Å². The molecule has 2 heterocycles. The average Bonchev–Trinajstić information content (AvgIpc) is 2.64. The van der Waals surface area contributed by atoms with Gasteiger partial charge in [0, 0.05) is 25.1 Å². The molecule has 5 nitrogen and oxygen atoms in total. The van der Waals surface area contributed by atoms with Gasteiger partial charge in [0.2, 0.25) is 0 Å². The van der Waals surface area contributed by atoms with E-state index in [1.807, 2.05) is 34.6 Å². The van der Waals surface area contributed by atoms with Crippen LogP contribution in [0.2, 0.25) is 0 Å². The van der Waals surface area contributed by atoms with Crippen LogP contribution in [0.4, 0.5) is 0 Å². The monoisotopic (exact) mass is 318 g/mol. The lowest BCUT2D eigenvalue weighted by Crippen LogP contribution is -2.46. The zero-order valence-corrected chi connectivity index (χ0v) is 14.6. The van der Waals surface area contributed by atoms with Crippen LogP contribution < -0.4 is 5.32 Å². The molecular formula is C18H26N2O3. The van der Waals surface area contributed by atoms with Crippen LogP contribution in [0.25, 0.3) is 0 Å². The van der Waals surface area contributed by atoms with Crippen LogP contribution in [-0.4, -0.2) is 29.6 Å². The number of carbonyl (C=O) groups is 1. The van der Waals surface area contributed by atoms with Crippen molar-refractivity contribution in [2.24, 2.45) is 16.8 Å². The van der Waals surface area contributed by atoms with Gasteiger partial charge in [0.25, 0.3) is 0 Å². The number of allylic oxidation sites excluding steroid dienone is 2. The SMILES string of the molecule is CC1=CC23N=C(C)OC2=CCCC3C(C(=O)OC(C)(C)C)CN1. The third kappa shape index (κ3) is 2.89. The fourth-order valence-corrected chi connectivity index (χ4v) is 3.80. The fraction of sp³-hybridized carbons (Fsp3) is 0.667. The van der Waals surface area contributed by atoms with E-state index >= 15 is 0 Å². The predicted octanol–water partition coefficient (Wildman–Crippen LogP) is 2.93. The Bertz CT molecular complexity index is 612. The van der Waals surface area contributed by atoms with Crippen LogP contribution in [-0.2, 0) is 14.3 Å². The summed E-state index contributed by atoms with van der Waals surface area (Å²) < 4.78 is 11.5. The Hall–Kier alpha value is -1.78. The summed E-state index contributed by atoms with van der Waals surface area (Å²) in [5.41, 5.74) is -0.0224. The molecule has 0 saturated carbocycles. The van der Waals surface area contributed by atoms with Crippen LogP contribution in [0.3, 0.4) is 0 Å². The van der Waals surface area contributed by atoms with Crippen molar-refractivity contribution in [2.75, 3.05) is 6.54 Å². The molecule has 0 aromatic heterocycles. The van der Waals surface area contributed by atoms with Crippen molar-refractivity contribution in [3.8, 4) is 0 Å². The number of hydrogen-bond acceptors (Lipinski definition) is 5. The van der Waals surface area contributed by atoms with Crippen molar-refractivity contribution in [3.05, 3.63) is 23.6 Å². The van der Waals surface area contributed by atoms with Gasteiger partial charge in [-0.2, -0.15) is 0 Å². The van der Waals surface area contributed by atoms with Crippen molar-refractivity contribution in [3.63, 3.8) is 0 Å². The highest BCUT2D eigenvalue weighted by molar-refractivity contribution is 5.80. The Morgan fingerprint density at radius 2 is 2.17 bits per heavy atom. The first-order valence-electron chi connectivity index (χ1n) is 8.32. The lowest BCUT2D eigenvalue weighted by Gasteiger charge is -2.38. The third-order valence-electron chi connectivity index (χ3n) is 4.60. The molecule has 3 rings (SSSR count). The molecule has 0 aromatic rings.